The number of methoxy groups -OCH3 is 2. The molecule has 0 aliphatic carbocycles. The molecule has 8 nitrogen and oxygen atoms in total. The minimum atomic E-state index is -0.717. The average Bonchev–Trinajstić information content (AvgIpc) is 2.52. The van der Waals surface area contributed by atoms with Crippen LogP contribution in [0.15, 0.2) is 29.5 Å². The SMILES string of the molecule is COC(=O)C1=C(C)NC(=S)NC1c1cc([N+](=O)[O-])ccc1OC. The van der Waals surface area contributed by atoms with Crippen LogP contribution >= 0.6 is 12.2 Å². The van der Waals surface area contributed by atoms with Crippen molar-refractivity contribution in [3.8, 4) is 5.75 Å². The molecule has 2 rings (SSSR count). The van der Waals surface area contributed by atoms with E-state index in [1.165, 1.54) is 32.4 Å². The second-order valence-electron chi connectivity index (χ2n) is 4.75. The molecule has 0 amide bonds. The summed E-state index contributed by atoms with van der Waals surface area (Å²) in [6, 6.07) is 3.44. The number of thiocarbonyl (C=S) groups is 1. The minimum absolute atomic E-state index is 0.117. The smallest absolute Gasteiger partial charge is 0.337 e. The standard InChI is InChI=1S/C14H15N3O5S/c1-7-11(13(18)22-3)12(16-14(23)15-7)9-6-8(17(19)20)4-5-10(9)21-2/h4-6,12H,1-3H3,(H2,15,16,23). The molecule has 23 heavy (non-hydrogen) atoms. The summed E-state index contributed by atoms with van der Waals surface area (Å²) in [5, 5.41) is 17.1. The zero-order valence-electron chi connectivity index (χ0n) is 12.7. The van der Waals surface area contributed by atoms with Crippen LogP contribution in [0.5, 0.6) is 5.75 Å². The molecule has 1 aromatic carbocycles. The molecular formula is C14H15N3O5S. The summed E-state index contributed by atoms with van der Waals surface area (Å²) in [5.41, 5.74) is 1.10. The second-order valence-corrected chi connectivity index (χ2v) is 5.15. The molecule has 1 aromatic rings. The summed E-state index contributed by atoms with van der Waals surface area (Å²) in [6.07, 6.45) is 0. The van der Waals surface area contributed by atoms with Crippen LogP contribution in [0, 0.1) is 10.1 Å². The summed E-state index contributed by atoms with van der Waals surface area (Å²) in [6.45, 7) is 1.68. The van der Waals surface area contributed by atoms with Gasteiger partial charge in [-0.1, -0.05) is 0 Å². The third kappa shape index (κ3) is 3.24. The van der Waals surface area contributed by atoms with E-state index in [0.717, 1.165) is 0 Å². The maximum Gasteiger partial charge on any atom is 0.337 e. The molecule has 122 valence electrons. The van der Waals surface area contributed by atoms with Crippen LogP contribution in [0.25, 0.3) is 0 Å². The lowest BCUT2D eigenvalue weighted by molar-refractivity contribution is -0.385. The molecule has 1 unspecified atom stereocenters. The van der Waals surface area contributed by atoms with Crippen molar-refractivity contribution in [1.82, 2.24) is 10.6 Å². The summed E-state index contributed by atoms with van der Waals surface area (Å²) < 4.78 is 10.1. The predicted molar refractivity (Wildman–Crippen MR) is 86.0 cm³/mol. The molecule has 0 fully saturated rings. The Balaban J connectivity index is 2.63. The highest BCUT2D eigenvalue weighted by Crippen LogP contribution is 2.35. The van der Waals surface area contributed by atoms with E-state index in [4.69, 9.17) is 21.7 Å². The topological polar surface area (TPSA) is 103 Å². The molecule has 9 heteroatoms. The van der Waals surface area contributed by atoms with E-state index in [1.54, 1.807) is 6.92 Å². The van der Waals surface area contributed by atoms with Crippen LogP contribution in [-0.4, -0.2) is 30.2 Å². The van der Waals surface area contributed by atoms with Gasteiger partial charge in [-0.2, -0.15) is 0 Å². The number of ether oxygens (including phenoxy) is 2. The van der Waals surface area contributed by atoms with E-state index >= 15 is 0 Å². The lowest BCUT2D eigenvalue weighted by atomic mass is 9.94. The van der Waals surface area contributed by atoms with E-state index < -0.39 is 16.9 Å². The van der Waals surface area contributed by atoms with Gasteiger partial charge in [-0.05, 0) is 25.2 Å². The Labute approximate surface area is 137 Å². The number of hydrogen-bond donors (Lipinski definition) is 2. The molecule has 1 aliphatic rings. The quantitative estimate of drug-likeness (QED) is 0.369. The Hall–Kier alpha value is -2.68. The van der Waals surface area contributed by atoms with E-state index in [-0.39, 0.29) is 11.3 Å². The van der Waals surface area contributed by atoms with Crippen molar-refractivity contribution in [2.75, 3.05) is 14.2 Å². The van der Waals surface area contributed by atoms with Crippen LogP contribution in [-0.2, 0) is 9.53 Å². The number of nitrogens with zero attached hydrogens (tertiary/aromatic N) is 1. The number of carbonyl (C=O) groups is 1. The number of hydrogen-bond acceptors (Lipinski definition) is 6. The molecule has 1 heterocycles. The normalized spacial score (nSPS) is 17.2. The van der Waals surface area contributed by atoms with Crippen molar-refractivity contribution in [3.63, 3.8) is 0 Å². The Morgan fingerprint density at radius 2 is 2.09 bits per heavy atom. The fraction of sp³-hybridized carbons (Fsp3) is 0.286. The van der Waals surface area contributed by atoms with Gasteiger partial charge in [0.2, 0.25) is 0 Å². The van der Waals surface area contributed by atoms with Gasteiger partial charge in [-0.15, -0.1) is 0 Å². The number of non-ortho nitro benzene ring substituents is 1. The number of benzene rings is 1. The van der Waals surface area contributed by atoms with Crippen molar-refractivity contribution >= 4 is 29.0 Å². The molecule has 0 saturated carbocycles. The van der Waals surface area contributed by atoms with Crippen LogP contribution in [0.2, 0.25) is 0 Å². The Kier molecular flexibility index (Phi) is 4.80. The van der Waals surface area contributed by atoms with Gasteiger partial charge in [0.1, 0.15) is 5.75 Å². The number of nitro benzene ring substituents is 1. The van der Waals surface area contributed by atoms with Gasteiger partial charge in [0.15, 0.2) is 5.11 Å². The van der Waals surface area contributed by atoms with Gasteiger partial charge in [0.05, 0.1) is 30.8 Å². The zero-order valence-corrected chi connectivity index (χ0v) is 13.5. The van der Waals surface area contributed by atoms with Crippen LogP contribution in [0.3, 0.4) is 0 Å². The van der Waals surface area contributed by atoms with Crippen LogP contribution in [0.4, 0.5) is 5.69 Å². The molecule has 0 spiro atoms. The number of allylic oxidation sites excluding steroid dienone is 1. The minimum Gasteiger partial charge on any atom is -0.496 e. The second kappa shape index (κ2) is 6.61. The number of carbonyl (C=O) groups excluding carboxylic acids is 1. The van der Waals surface area contributed by atoms with Crippen LogP contribution < -0.4 is 15.4 Å². The zero-order chi connectivity index (χ0) is 17.1. The number of nitrogens with one attached hydrogen (secondary N) is 2. The van der Waals surface area contributed by atoms with Gasteiger partial charge in [-0.3, -0.25) is 10.1 Å². The van der Waals surface area contributed by atoms with E-state index in [2.05, 4.69) is 10.6 Å². The molecule has 0 aromatic heterocycles. The third-order valence-corrected chi connectivity index (χ3v) is 3.63. The molecule has 1 aliphatic heterocycles. The summed E-state index contributed by atoms with van der Waals surface area (Å²) in [5.74, 6) is -0.171. The molecule has 1 atom stereocenters. The largest absolute Gasteiger partial charge is 0.496 e. The molecule has 0 saturated heterocycles. The van der Waals surface area contributed by atoms with Gasteiger partial charge < -0.3 is 20.1 Å². The van der Waals surface area contributed by atoms with Crippen molar-refractivity contribution in [2.45, 2.75) is 13.0 Å². The molecular weight excluding hydrogens is 322 g/mol. The first-order valence-electron chi connectivity index (χ1n) is 6.58. The highest BCUT2D eigenvalue weighted by molar-refractivity contribution is 7.80. The lowest BCUT2D eigenvalue weighted by Gasteiger charge is -2.30. The Bertz CT molecular complexity index is 716. The van der Waals surface area contributed by atoms with E-state index in [9.17, 15) is 14.9 Å². The maximum atomic E-state index is 12.1. The first-order chi connectivity index (χ1) is 10.9. The lowest BCUT2D eigenvalue weighted by Crippen LogP contribution is -2.45. The number of nitro groups is 1. The van der Waals surface area contributed by atoms with Gasteiger partial charge in [-0.25, -0.2) is 4.79 Å². The monoisotopic (exact) mass is 337 g/mol. The highest BCUT2D eigenvalue weighted by atomic mass is 32.1. The van der Waals surface area contributed by atoms with Gasteiger partial charge in [0, 0.05) is 23.4 Å². The first-order valence-corrected chi connectivity index (χ1v) is 6.98. The average molecular weight is 337 g/mol. The fourth-order valence-electron chi connectivity index (χ4n) is 2.37. The molecule has 0 bridgehead atoms. The Morgan fingerprint density at radius 1 is 1.39 bits per heavy atom. The first kappa shape index (κ1) is 16.7. The van der Waals surface area contributed by atoms with Crippen molar-refractivity contribution in [1.29, 1.82) is 0 Å². The fourth-order valence-corrected chi connectivity index (χ4v) is 2.64. The number of esters is 1. The Morgan fingerprint density at radius 3 is 2.65 bits per heavy atom. The predicted octanol–water partition coefficient (Wildman–Crippen LogP) is 1.57. The maximum absolute atomic E-state index is 12.1. The van der Waals surface area contributed by atoms with Crippen molar-refractivity contribution < 1.29 is 19.2 Å². The summed E-state index contributed by atoms with van der Waals surface area (Å²) >= 11 is 5.12. The number of rotatable bonds is 4. The molecule has 0 radical (unpaired) electrons. The molecule has 2 N–H and O–H groups in total. The van der Waals surface area contributed by atoms with E-state index in [1.807, 2.05) is 0 Å². The van der Waals surface area contributed by atoms with Crippen molar-refractivity contribution in [3.05, 3.63) is 45.1 Å². The van der Waals surface area contributed by atoms with Gasteiger partial charge in [0.25, 0.3) is 5.69 Å². The summed E-state index contributed by atoms with van der Waals surface area (Å²) in [4.78, 5) is 22.6. The third-order valence-electron chi connectivity index (χ3n) is 3.41. The highest BCUT2D eigenvalue weighted by Gasteiger charge is 2.33. The summed E-state index contributed by atoms with van der Waals surface area (Å²) in [7, 11) is 2.70. The van der Waals surface area contributed by atoms with Gasteiger partial charge >= 0.3 is 5.97 Å². The van der Waals surface area contributed by atoms with Crippen molar-refractivity contribution in [2.24, 2.45) is 0 Å². The van der Waals surface area contributed by atoms with E-state index in [0.29, 0.717) is 22.1 Å². The van der Waals surface area contributed by atoms with Crippen LogP contribution in [0.1, 0.15) is 18.5 Å².